The zero-order chi connectivity index (χ0) is 12.9. The second-order valence-electron chi connectivity index (χ2n) is 5.56. The number of amides is 1. The van der Waals surface area contributed by atoms with Gasteiger partial charge < -0.3 is 20.8 Å². The third-order valence-electron chi connectivity index (χ3n) is 3.18. The highest BCUT2D eigenvalue weighted by Gasteiger charge is 2.29. The summed E-state index contributed by atoms with van der Waals surface area (Å²) >= 11 is 0. The van der Waals surface area contributed by atoms with Crippen molar-refractivity contribution in [2.75, 3.05) is 19.7 Å². The minimum Gasteiger partial charge on any atom is -0.396 e. The molecule has 1 saturated heterocycles. The Morgan fingerprint density at radius 3 is 2.76 bits per heavy atom. The van der Waals surface area contributed by atoms with Gasteiger partial charge in [0.15, 0.2) is 0 Å². The van der Waals surface area contributed by atoms with Gasteiger partial charge in [-0.25, -0.2) is 0 Å². The molecule has 4 N–H and O–H groups in total. The van der Waals surface area contributed by atoms with E-state index in [1.807, 2.05) is 0 Å². The number of β-amino-alcohol motifs (C(OH)–C–C–N with tert-alkyl or cyclic N) is 1. The third-order valence-corrected chi connectivity index (χ3v) is 3.18. The van der Waals surface area contributed by atoms with Crippen molar-refractivity contribution in [3.63, 3.8) is 0 Å². The van der Waals surface area contributed by atoms with Crippen LogP contribution in [-0.2, 0) is 4.79 Å². The van der Waals surface area contributed by atoms with Crippen molar-refractivity contribution in [3.8, 4) is 0 Å². The van der Waals surface area contributed by atoms with Crippen LogP contribution in [0.4, 0.5) is 0 Å². The van der Waals surface area contributed by atoms with E-state index in [9.17, 15) is 9.90 Å². The van der Waals surface area contributed by atoms with Gasteiger partial charge in [-0.1, -0.05) is 13.8 Å². The molecule has 5 heteroatoms. The number of hydrogen-bond acceptors (Lipinski definition) is 4. The molecule has 0 aliphatic carbocycles. The number of aliphatic hydroxyl groups is 2. The first-order valence-electron chi connectivity index (χ1n) is 6.24. The zero-order valence-corrected chi connectivity index (χ0v) is 10.7. The van der Waals surface area contributed by atoms with E-state index >= 15 is 0 Å². The molecule has 0 aromatic heterocycles. The molecule has 0 saturated carbocycles. The summed E-state index contributed by atoms with van der Waals surface area (Å²) in [6, 6.07) is -0.265. The Morgan fingerprint density at radius 2 is 2.24 bits per heavy atom. The Labute approximate surface area is 103 Å². The van der Waals surface area contributed by atoms with Crippen LogP contribution in [0.5, 0.6) is 0 Å². The predicted octanol–water partition coefficient (Wildman–Crippen LogP) is -0.376. The van der Waals surface area contributed by atoms with Crippen molar-refractivity contribution in [3.05, 3.63) is 0 Å². The van der Waals surface area contributed by atoms with Gasteiger partial charge in [-0.05, 0) is 24.7 Å². The van der Waals surface area contributed by atoms with Crippen molar-refractivity contribution in [1.29, 1.82) is 0 Å². The molecule has 0 aromatic carbocycles. The number of carbonyl (C=O) groups excluding carboxylic acids is 1. The summed E-state index contributed by atoms with van der Waals surface area (Å²) in [5, 5.41) is 24.0. The molecule has 100 valence electrons. The molecule has 1 fully saturated rings. The lowest BCUT2D eigenvalue weighted by Gasteiger charge is -2.25. The smallest absolute Gasteiger partial charge is 0.237 e. The van der Waals surface area contributed by atoms with E-state index < -0.39 is 6.10 Å². The van der Waals surface area contributed by atoms with E-state index in [0.29, 0.717) is 19.5 Å². The minimum absolute atomic E-state index is 0.00435. The van der Waals surface area contributed by atoms with Crippen LogP contribution in [0.1, 0.15) is 33.1 Å². The second-order valence-corrected chi connectivity index (χ2v) is 5.56. The standard InChI is InChI=1S/C12H24N2O3/c1-12(2,4-3-5-15)8-14-11(17)10-6-9(16)7-13-10/h9-10,13,15-16H,3-8H2,1-2H3,(H,14,17). The van der Waals surface area contributed by atoms with Gasteiger partial charge in [-0.3, -0.25) is 4.79 Å². The Balaban J connectivity index is 2.27. The van der Waals surface area contributed by atoms with Crippen molar-refractivity contribution in [2.45, 2.75) is 45.3 Å². The fraction of sp³-hybridized carbons (Fsp3) is 0.917. The van der Waals surface area contributed by atoms with E-state index in [4.69, 9.17) is 5.11 Å². The Hall–Kier alpha value is -0.650. The van der Waals surface area contributed by atoms with E-state index in [-0.39, 0.29) is 24.0 Å². The van der Waals surface area contributed by atoms with Crippen LogP contribution in [0.25, 0.3) is 0 Å². The second kappa shape index (κ2) is 6.33. The lowest BCUT2D eigenvalue weighted by molar-refractivity contribution is -0.123. The maximum atomic E-state index is 11.8. The topological polar surface area (TPSA) is 81.6 Å². The van der Waals surface area contributed by atoms with Gasteiger partial charge in [-0.15, -0.1) is 0 Å². The molecular formula is C12H24N2O3. The average molecular weight is 244 g/mol. The number of hydrogen-bond donors (Lipinski definition) is 4. The monoisotopic (exact) mass is 244 g/mol. The average Bonchev–Trinajstić information content (AvgIpc) is 2.70. The quantitative estimate of drug-likeness (QED) is 0.513. The third kappa shape index (κ3) is 5.02. The molecule has 0 aromatic rings. The van der Waals surface area contributed by atoms with Crippen molar-refractivity contribution in [2.24, 2.45) is 5.41 Å². The summed E-state index contributed by atoms with van der Waals surface area (Å²) in [5.41, 5.74) is -0.00435. The Kier molecular flexibility index (Phi) is 5.36. The molecule has 5 nitrogen and oxygen atoms in total. The van der Waals surface area contributed by atoms with Gasteiger partial charge in [0.1, 0.15) is 0 Å². The summed E-state index contributed by atoms with van der Waals surface area (Å²) in [5.74, 6) is -0.0429. The fourth-order valence-corrected chi connectivity index (χ4v) is 2.01. The normalized spacial score (nSPS) is 24.9. The molecule has 1 aliphatic heterocycles. The first-order chi connectivity index (χ1) is 7.94. The maximum absolute atomic E-state index is 11.8. The van der Waals surface area contributed by atoms with E-state index in [2.05, 4.69) is 24.5 Å². The van der Waals surface area contributed by atoms with Crippen LogP contribution in [0.2, 0.25) is 0 Å². The van der Waals surface area contributed by atoms with Crippen LogP contribution < -0.4 is 10.6 Å². The van der Waals surface area contributed by atoms with Gasteiger partial charge in [0.05, 0.1) is 12.1 Å². The van der Waals surface area contributed by atoms with Crippen molar-refractivity contribution in [1.82, 2.24) is 10.6 Å². The summed E-state index contributed by atoms with van der Waals surface area (Å²) in [4.78, 5) is 11.8. The maximum Gasteiger partial charge on any atom is 0.237 e. The van der Waals surface area contributed by atoms with Crippen LogP contribution in [0.15, 0.2) is 0 Å². The number of rotatable bonds is 6. The fourth-order valence-electron chi connectivity index (χ4n) is 2.01. The number of carbonyl (C=O) groups is 1. The van der Waals surface area contributed by atoms with E-state index in [1.54, 1.807) is 0 Å². The lowest BCUT2D eigenvalue weighted by Crippen LogP contribution is -2.43. The summed E-state index contributed by atoms with van der Waals surface area (Å²) in [6.45, 7) is 5.42. The highest BCUT2D eigenvalue weighted by Crippen LogP contribution is 2.20. The Bertz CT molecular complexity index is 256. The molecule has 2 atom stereocenters. The van der Waals surface area contributed by atoms with Crippen LogP contribution in [0, 0.1) is 5.41 Å². The molecule has 17 heavy (non-hydrogen) atoms. The summed E-state index contributed by atoms with van der Waals surface area (Å²) in [6.07, 6.45) is 1.71. The van der Waals surface area contributed by atoms with Gasteiger partial charge >= 0.3 is 0 Å². The van der Waals surface area contributed by atoms with E-state index in [1.165, 1.54) is 0 Å². The number of aliphatic hydroxyl groups excluding tert-OH is 2. The summed E-state index contributed by atoms with van der Waals surface area (Å²) in [7, 11) is 0. The summed E-state index contributed by atoms with van der Waals surface area (Å²) < 4.78 is 0. The number of nitrogens with one attached hydrogen (secondary N) is 2. The van der Waals surface area contributed by atoms with Crippen molar-refractivity contribution >= 4 is 5.91 Å². The van der Waals surface area contributed by atoms with Gasteiger partial charge in [0.25, 0.3) is 0 Å². The molecule has 0 radical (unpaired) electrons. The molecule has 1 heterocycles. The molecule has 1 aliphatic rings. The Morgan fingerprint density at radius 1 is 1.53 bits per heavy atom. The van der Waals surface area contributed by atoms with Crippen LogP contribution >= 0.6 is 0 Å². The first kappa shape index (κ1) is 14.4. The molecule has 1 rings (SSSR count). The molecule has 0 bridgehead atoms. The predicted molar refractivity (Wildman–Crippen MR) is 65.5 cm³/mol. The highest BCUT2D eigenvalue weighted by molar-refractivity contribution is 5.82. The molecule has 2 unspecified atom stereocenters. The van der Waals surface area contributed by atoms with Gasteiger partial charge in [0.2, 0.25) is 5.91 Å². The SMILES string of the molecule is CC(C)(CCCO)CNC(=O)C1CC(O)CN1. The largest absolute Gasteiger partial charge is 0.396 e. The lowest BCUT2D eigenvalue weighted by atomic mass is 9.88. The minimum atomic E-state index is -0.409. The van der Waals surface area contributed by atoms with Crippen LogP contribution in [0.3, 0.4) is 0 Å². The van der Waals surface area contributed by atoms with Crippen LogP contribution in [-0.4, -0.2) is 48.0 Å². The van der Waals surface area contributed by atoms with Gasteiger partial charge in [0, 0.05) is 19.7 Å². The first-order valence-corrected chi connectivity index (χ1v) is 6.24. The molecule has 0 spiro atoms. The zero-order valence-electron chi connectivity index (χ0n) is 10.7. The van der Waals surface area contributed by atoms with E-state index in [0.717, 1.165) is 12.8 Å². The van der Waals surface area contributed by atoms with Crippen molar-refractivity contribution < 1.29 is 15.0 Å². The molecular weight excluding hydrogens is 220 g/mol. The van der Waals surface area contributed by atoms with Gasteiger partial charge in [-0.2, -0.15) is 0 Å². The molecule has 1 amide bonds. The highest BCUT2D eigenvalue weighted by atomic mass is 16.3.